The van der Waals surface area contributed by atoms with Crippen LogP contribution in [0.4, 0.5) is 5.82 Å². The molecule has 1 fully saturated rings. The summed E-state index contributed by atoms with van der Waals surface area (Å²) in [6.45, 7) is 1.99. The van der Waals surface area contributed by atoms with E-state index in [4.69, 9.17) is 9.47 Å². The molecule has 2 N–H and O–H groups in total. The van der Waals surface area contributed by atoms with Crippen LogP contribution < -0.4 is 15.4 Å². The second-order valence-electron chi connectivity index (χ2n) is 4.14. The van der Waals surface area contributed by atoms with Crippen LogP contribution >= 0.6 is 15.9 Å². The molecule has 7 heteroatoms. The summed E-state index contributed by atoms with van der Waals surface area (Å²) >= 11 is 3.32. The number of rotatable bonds is 1. The third-order valence-electron chi connectivity index (χ3n) is 2.87. The van der Waals surface area contributed by atoms with Crippen molar-refractivity contribution in [2.45, 2.75) is 12.2 Å². The van der Waals surface area contributed by atoms with Gasteiger partial charge in [-0.1, -0.05) is 0 Å². The van der Waals surface area contributed by atoms with Crippen molar-refractivity contribution in [1.82, 2.24) is 10.3 Å². The topological polar surface area (TPSA) is 72.5 Å². The normalized spacial score (nSPS) is 27.1. The highest BCUT2D eigenvalue weighted by molar-refractivity contribution is 9.10. The quantitative estimate of drug-likeness (QED) is 0.791. The largest absolute Gasteiger partial charge is 0.474 e. The first-order chi connectivity index (χ1) is 8.74. The third-order valence-corrected chi connectivity index (χ3v) is 3.30. The molecule has 1 aromatic rings. The minimum atomic E-state index is -0.638. The van der Waals surface area contributed by atoms with E-state index in [0.717, 1.165) is 11.0 Å². The molecule has 2 aliphatic rings. The molecule has 0 spiro atoms. The van der Waals surface area contributed by atoms with Crippen LogP contribution in [0.3, 0.4) is 0 Å². The lowest BCUT2D eigenvalue weighted by atomic mass is 10.1. The fraction of sp³-hybridized carbons (Fsp3) is 0.455. The Balaban J connectivity index is 1.83. The number of halogens is 1. The van der Waals surface area contributed by atoms with Gasteiger partial charge >= 0.3 is 0 Å². The predicted octanol–water partition coefficient (Wildman–Crippen LogP) is 0.532. The number of nitrogens with zero attached hydrogens (tertiary/aromatic N) is 1. The summed E-state index contributed by atoms with van der Waals surface area (Å²) in [5.74, 6) is 0.789. The summed E-state index contributed by atoms with van der Waals surface area (Å²) in [6.07, 6.45) is 0.703. The van der Waals surface area contributed by atoms with Crippen molar-refractivity contribution in [3.05, 3.63) is 16.7 Å². The SMILES string of the molecule is O=C1Nc2ncc(Br)cc2OC1C1CNCCO1. The van der Waals surface area contributed by atoms with Crippen molar-refractivity contribution in [2.24, 2.45) is 0 Å². The van der Waals surface area contributed by atoms with Gasteiger partial charge in [-0.15, -0.1) is 0 Å². The smallest absolute Gasteiger partial charge is 0.269 e. The number of carbonyl (C=O) groups excluding carboxylic acids is 1. The Morgan fingerprint density at radius 3 is 3.17 bits per heavy atom. The van der Waals surface area contributed by atoms with Crippen LogP contribution in [0.1, 0.15) is 0 Å². The number of morpholine rings is 1. The van der Waals surface area contributed by atoms with Crippen molar-refractivity contribution < 1.29 is 14.3 Å². The molecular weight excluding hydrogens is 302 g/mol. The van der Waals surface area contributed by atoms with E-state index >= 15 is 0 Å². The molecule has 18 heavy (non-hydrogen) atoms. The van der Waals surface area contributed by atoms with Gasteiger partial charge < -0.3 is 20.1 Å². The summed E-state index contributed by atoms with van der Waals surface area (Å²) in [4.78, 5) is 16.0. The van der Waals surface area contributed by atoms with Crippen LogP contribution in [0.15, 0.2) is 16.7 Å². The average molecular weight is 314 g/mol. The Kier molecular flexibility index (Phi) is 3.19. The molecule has 2 atom stereocenters. The molecule has 1 aromatic heterocycles. The van der Waals surface area contributed by atoms with Gasteiger partial charge in [0.05, 0.1) is 6.61 Å². The Morgan fingerprint density at radius 1 is 1.50 bits per heavy atom. The van der Waals surface area contributed by atoms with Gasteiger partial charge in [-0.25, -0.2) is 4.98 Å². The number of nitrogens with one attached hydrogen (secondary N) is 2. The lowest BCUT2D eigenvalue weighted by Crippen LogP contribution is -2.53. The van der Waals surface area contributed by atoms with E-state index in [2.05, 4.69) is 31.5 Å². The maximum absolute atomic E-state index is 11.9. The molecule has 0 bridgehead atoms. The van der Waals surface area contributed by atoms with Crippen LogP contribution in [0, 0.1) is 0 Å². The average Bonchev–Trinajstić information content (AvgIpc) is 2.39. The van der Waals surface area contributed by atoms with Crippen LogP contribution in [0.25, 0.3) is 0 Å². The molecule has 0 aliphatic carbocycles. The van der Waals surface area contributed by atoms with Crippen molar-refractivity contribution >= 4 is 27.7 Å². The highest BCUT2D eigenvalue weighted by atomic mass is 79.9. The molecule has 1 saturated heterocycles. The zero-order chi connectivity index (χ0) is 12.5. The molecule has 3 rings (SSSR count). The van der Waals surface area contributed by atoms with Gasteiger partial charge in [0.1, 0.15) is 6.10 Å². The van der Waals surface area contributed by atoms with Gasteiger partial charge in [-0.05, 0) is 22.0 Å². The number of aromatic nitrogens is 1. The van der Waals surface area contributed by atoms with Crippen molar-refractivity contribution in [3.63, 3.8) is 0 Å². The van der Waals surface area contributed by atoms with E-state index in [1.54, 1.807) is 12.3 Å². The fourth-order valence-corrected chi connectivity index (χ4v) is 2.32. The van der Waals surface area contributed by atoms with Gasteiger partial charge in [-0.3, -0.25) is 4.79 Å². The summed E-state index contributed by atoms with van der Waals surface area (Å²) in [5.41, 5.74) is 0. The monoisotopic (exact) mass is 313 g/mol. The molecule has 0 radical (unpaired) electrons. The van der Waals surface area contributed by atoms with Crippen LogP contribution in [-0.2, 0) is 9.53 Å². The van der Waals surface area contributed by atoms with E-state index < -0.39 is 6.10 Å². The number of anilines is 1. The van der Waals surface area contributed by atoms with E-state index in [-0.39, 0.29) is 12.0 Å². The van der Waals surface area contributed by atoms with Crippen LogP contribution in [0.2, 0.25) is 0 Å². The lowest BCUT2D eigenvalue weighted by Gasteiger charge is -2.33. The molecule has 1 amide bonds. The van der Waals surface area contributed by atoms with Crippen LogP contribution in [-0.4, -0.2) is 42.8 Å². The Morgan fingerprint density at radius 2 is 2.39 bits per heavy atom. The van der Waals surface area contributed by atoms with Gasteiger partial charge in [0.25, 0.3) is 5.91 Å². The molecule has 0 aromatic carbocycles. The number of fused-ring (bicyclic) bond motifs is 1. The molecule has 2 unspecified atom stereocenters. The molecule has 6 nitrogen and oxygen atoms in total. The summed E-state index contributed by atoms with van der Waals surface area (Å²) in [5, 5.41) is 5.91. The summed E-state index contributed by atoms with van der Waals surface area (Å²) < 4.78 is 12.1. The maximum atomic E-state index is 11.9. The van der Waals surface area contributed by atoms with E-state index in [9.17, 15) is 4.79 Å². The van der Waals surface area contributed by atoms with E-state index in [1.807, 2.05) is 0 Å². The first-order valence-corrected chi connectivity index (χ1v) is 6.49. The minimum Gasteiger partial charge on any atom is -0.474 e. The highest BCUT2D eigenvalue weighted by Crippen LogP contribution is 2.31. The minimum absolute atomic E-state index is 0.217. The first kappa shape index (κ1) is 11.9. The number of amides is 1. The summed E-state index contributed by atoms with van der Waals surface area (Å²) in [7, 11) is 0. The first-order valence-electron chi connectivity index (χ1n) is 5.69. The van der Waals surface area contributed by atoms with Gasteiger partial charge in [0.2, 0.25) is 6.10 Å². The number of hydrogen-bond acceptors (Lipinski definition) is 5. The van der Waals surface area contributed by atoms with Crippen molar-refractivity contribution in [3.8, 4) is 5.75 Å². The standard InChI is InChI=1S/C11H12BrN3O3/c12-6-3-7-10(14-4-6)15-11(16)9(18-7)8-5-13-1-2-17-8/h3-4,8-9,13H,1-2,5H2,(H,14,15,16). The van der Waals surface area contributed by atoms with Crippen molar-refractivity contribution in [1.29, 1.82) is 0 Å². The number of pyridine rings is 1. The maximum Gasteiger partial charge on any atom is 0.269 e. The Hall–Kier alpha value is -1.18. The molecular formula is C11H12BrN3O3. The third kappa shape index (κ3) is 2.21. The number of ether oxygens (including phenoxy) is 2. The molecule has 0 saturated carbocycles. The van der Waals surface area contributed by atoms with Gasteiger partial charge in [0.15, 0.2) is 11.6 Å². The van der Waals surface area contributed by atoms with Gasteiger partial charge in [0, 0.05) is 23.8 Å². The second kappa shape index (κ2) is 4.83. The van der Waals surface area contributed by atoms with E-state index in [1.165, 1.54) is 0 Å². The fourth-order valence-electron chi connectivity index (χ4n) is 2.01. The number of hydrogen-bond donors (Lipinski definition) is 2. The lowest BCUT2D eigenvalue weighted by molar-refractivity contribution is -0.132. The van der Waals surface area contributed by atoms with Crippen LogP contribution in [0.5, 0.6) is 5.75 Å². The van der Waals surface area contributed by atoms with E-state index in [0.29, 0.717) is 24.7 Å². The predicted molar refractivity (Wildman–Crippen MR) is 67.6 cm³/mol. The Bertz CT molecular complexity index is 477. The van der Waals surface area contributed by atoms with Gasteiger partial charge in [-0.2, -0.15) is 0 Å². The zero-order valence-corrected chi connectivity index (χ0v) is 11.1. The highest BCUT2D eigenvalue weighted by Gasteiger charge is 2.36. The summed E-state index contributed by atoms with van der Waals surface area (Å²) in [6, 6.07) is 1.78. The number of carbonyl (C=O) groups is 1. The second-order valence-corrected chi connectivity index (χ2v) is 5.06. The zero-order valence-electron chi connectivity index (χ0n) is 9.48. The Labute approximate surface area is 112 Å². The molecule has 2 aliphatic heterocycles. The molecule has 96 valence electrons. The van der Waals surface area contributed by atoms with Crippen molar-refractivity contribution in [2.75, 3.05) is 25.0 Å². The molecule has 3 heterocycles.